The monoisotopic (exact) mass is 461 g/mol. The van der Waals surface area contributed by atoms with E-state index in [1.807, 2.05) is 12.1 Å². The standard InChI is InChI=1S/C21H27N5O5S/c1-16-4-7-19(26(28)29)14-20(16)25(32(3,30)31)15-21(27)22-17-5-8-18(9-6-17)24-12-10-23(2)11-13-24/h4-9,14H,10-13,15H2,1-3H3,(H,22,27). The molecule has 1 aliphatic rings. The molecule has 1 saturated heterocycles. The number of benzene rings is 2. The number of anilines is 3. The number of carbonyl (C=O) groups is 1. The van der Waals surface area contributed by atoms with Crippen molar-refractivity contribution in [3.8, 4) is 0 Å². The number of aryl methyl sites for hydroxylation is 1. The van der Waals surface area contributed by atoms with Crippen molar-refractivity contribution in [2.24, 2.45) is 0 Å². The first-order valence-electron chi connectivity index (χ1n) is 10.1. The largest absolute Gasteiger partial charge is 0.369 e. The fraction of sp³-hybridized carbons (Fsp3) is 0.381. The Morgan fingerprint density at radius 3 is 2.31 bits per heavy atom. The van der Waals surface area contributed by atoms with Crippen molar-refractivity contribution in [1.29, 1.82) is 0 Å². The van der Waals surface area contributed by atoms with Crippen molar-refractivity contribution in [2.45, 2.75) is 6.92 Å². The summed E-state index contributed by atoms with van der Waals surface area (Å²) in [6.45, 7) is 4.95. The van der Waals surface area contributed by atoms with Gasteiger partial charge in [-0.15, -0.1) is 0 Å². The summed E-state index contributed by atoms with van der Waals surface area (Å²) in [6.07, 6.45) is 0.962. The number of rotatable bonds is 7. The minimum Gasteiger partial charge on any atom is -0.369 e. The first-order valence-corrected chi connectivity index (χ1v) is 12.0. The molecule has 2 aromatic carbocycles. The molecule has 1 heterocycles. The molecule has 1 aliphatic heterocycles. The number of nitro benzene ring substituents is 1. The van der Waals surface area contributed by atoms with Crippen molar-refractivity contribution in [3.05, 3.63) is 58.1 Å². The molecule has 1 fully saturated rings. The van der Waals surface area contributed by atoms with Crippen LogP contribution >= 0.6 is 0 Å². The Morgan fingerprint density at radius 2 is 1.75 bits per heavy atom. The van der Waals surface area contributed by atoms with Crippen LogP contribution < -0.4 is 14.5 Å². The fourth-order valence-corrected chi connectivity index (χ4v) is 4.42. The van der Waals surface area contributed by atoms with Crippen molar-refractivity contribution in [1.82, 2.24) is 4.90 Å². The third-order valence-corrected chi connectivity index (χ3v) is 6.51. The average Bonchev–Trinajstić information content (AvgIpc) is 2.73. The second-order valence-corrected chi connectivity index (χ2v) is 9.79. The van der Waals surface area contributed by atoms with Gasteiger partial charge in [0, 0.05) is 49.7 Å². The van der Waals surface area contributed by atoms with Crippen LogP contribution in [0.1, 0.15) is 5.56 Å². The van der Waals surface area contributed by atoms with E-state index in [9.17, 15) is 23.3 Å². The van der Waals surface area contributed by atoms with E-state index in [0.29, 0.717) is 11.3 Å². The van der Waals surface area contributed by atoms with Gasteiger partial charge in [0.25, 0.3) is 5.69 Å². The molecule has 172 valence electrons. The number of nitro groups is 1. The zero-order valence-corrected chi connectivity index (χ0v) is 19.1. The Kier molecular flexibility index (Phi) is 6.99. The molecule has 0 aliphatic carbocycles. The van der Waals surface area contributed by atoms with Gasteiger partial charge in [0.05, 0.1) is 16.9 Å². The van der Waals surface area contributed by atoms with Gasteiger partial charge in [0.1, 0.15) is 6.54 Å². The summed E-state index contributed by atoms with van der Waals surface area (Å²) in [7, 11) is -1.77. The van der Waals surface area contributed by atoms with Crippen LogP contribution in [0.15, 0.2) is 42.5 Å². The van der Waals surface area contributed by atoms with Crippen LogP contribution in [0.2, 0.25) is 0 Å². The molecule has 0 bridgehead atoms. The van der Waals surface area contributed by atoms with Gasteiger partial charge < -0.3 is 15.1 Å². The number of sulfonamides is 1. The molecule has 0 aromatic heterocycles. The lowest BCUT2D eigenvalue weighted by molar-refractivity contribution is -0.384. The number of carbonyl (C=O) groups excluding carboxylic acids is 1. The molecule has 1 N–H and O–H groups in total. The smallest absolute Gasteiger partial charge is 0.271 e. The van der Waals surface area contributed by atoms with Gasteiger partial charge in [0.2, 0.25) is 15.9 Å². The molecule has 0 spiro atoms. The lowest BCUT2D eigenvalue weighted by Gasteiger charge is -2.34. The third kappa shape index (κ3) is 5.74. The van der Waals surface area contributed by atoms with Crippen LogP contribution in [-0.4, -0.2) is 70.2 Å². The van der Waals surface area contributed by atoms with Crippen molar-refractivity contribution >= 4 is 38.7 Å². The molecule has 2 aromatic rings. The van der Waals surface area contributed by atoms with E-state index in [0.717, 1.165) is 48.5 Å². The van der Waals surface area contributed by atoms with Crippen LogP contribution in [-0.2, 0) is 14.8 Å². The maximum Gasteiger partial charge on any atom is 0.271 e. The summed E-state index contributed by atoms with van der Waals surface area (Å²) in [5, 5.41) is 13.8. The average molecular weight is 462 g/mol. The molecular formula is C21H27N5O5S. The maximum atomic E-state index is 12.6. The number of amides is 1. The first kappa shape index (κ1) is 23.5. The van der Waals surface area contributed by atoms with E-state index in [4.69, 9.17) is 0 Å². The summed E-state index contributed by atoms with van der Waals surface area (Å²) < 4.78 is 25.6. The number of hydrogen-bond acceptors (Lipinski definition) is 7. The Labute approximate surface area is 187 Å². The van der Waals surface area contributed by atoms with E-state index >= 15 is 0 Å². The van der Waals surface area contributed by atoms with Gasteiger partial charge in [-0.3, -0.25) is 19.2 Å². The molecule has 3 rings (SSSR count). The summed E-state index contributed by atoms with van der Waals surface area (Å²) in [5.41, 5.74) is 1.95. The number of non-ortho nitro benzene ring substituents is 1. The molecular weight excluding hydrogens is 434 g/mol. The molecule has 10 nitrogen and oxygen atoms in total. The van der Waals surface area contributed by atoms with Gasteiger partial charge in [-0.1, -0.05) is 6.07 Å². The van der Waals surface area contributed by atoms with Crippen LogP contribution in [0.3, 0.4) is 0 Å². The zero-order valence-electron chi connectivity index (χ0n) is 18.3. The van der Waals surface area contributed by atoms with E-state index in [2.05, 4.69) is 22.2 Å². The summed E-state index contributed by atoms with van der Waals surface area (Å²) in [6, 6.07) is 11.3. The summed E-state index contributed by atoms with van der Waals surface area (Å²) in [4.78, 5) is 27.7. The molecule has 1 amide bonds. The number of hydrogen-bond donors (Lipinski definition) is 1. The van der Waals surface area contributed by atoms with Crippen LogP contribution in [0.25, 0.3) is 0 Å². The Hall–Kier alpha value is -3.18. The summed E-state index contributed by atoms with van der Waals surface area (Å²) in [5.74, 6) is -0.548. The Balaban J connectivity index is 1.73. The van der Waals surface area contributed by atoms with E-state index in [1.165, 1.54) is 12.1 Å². The highest BCUT2D eigenvalue weighted by Crippen LogP contribution is 2.27. The highest BCUT2D eigenvalue weighted by Gasteiger charge is 2.24. The fourth-order valence-electron chi connectivity index (χ4n) is 3.51. The highest BCUT2D eigenvalue weighted by atomic mass is 32.2. The van der Waals surface area contributed by atoms with Gasteiger partial charge in [0.15, 0.2) is 0 Å². The molecule has 11 heteroatoms. The Morgan fingerprint density at radius 1 is 1.12 bits per heavy atom. The van der Waals surface area contributed by atoms with Crippen LogP contribution in [0.5, 0.6) is 0 Å². The molecule has 0 saturated carbocycles. The van der Waals surface area contributed by atoms with Crippen molar-refractivity contribution in [3.63, 3.8) is 0 Å². The topological polar surface area (TPSA) is 116 Å². The molecule has 0 unspecified atom stereocenters. The predicted molar refractivity (Wildman–Crippen MR) is 125 cm³/mol. The SMILES string of the molecule is Cc1ccc([N+](=O)[O-])cc1N(CC(=O)Nc1ccc(N2CCN(C)CC2)cc1)S(C)(=O)=O. The predicted octanol–water partition coefficient (Wildman–Crippen LogP) is 2.06. The third-order valence-electron chi connectivity index (χ3n) is 5.38. The number of nitrogens with one attached hydrogen (secondary N) is 1. The van der Waals surface area contributed by atoms with E-state index < -0.39 is 27.4 Å². The minimum atomic E-state index is -3.86. The molecule has 0 radical (unpaired) electrons. The first-order chi connectivity index (χ1) is 15.0. The highest BCUT2D eigenvalue weighted by molar-refractivity contribution is 7.92. The van der Waals surface area contributed by atoms with Crippen molar-refractivity contribution in [2.75, 3.05) is 60.5 Å². The lowest BCUT2D eigenvalue weighted by atomic mass is 10.2. The van der Waals surface area contributed by atoms with E-state index in [-0.39, 0.29) is 11.4 Å². The van der Waals surface area contributed by atoms with Gasteiger partial charge >= 0.3 is 0 Å². The van der Waals surface area contributed by atoms with Crippen LogP contribution in [0, 0.1) is 17.0 Å². The normalized spacial score (nSPS) is 14.8. The number of piperazine rings is 1. The molecule has 32 heavy (non-hydrogen) atoms. The Bertz CT molecular complexity index is 1100. The quantitative estimate of drug-likeness (QED) is 0.496. The second kappa shape index (κ2) is 9.53. The van der Waals surface area contributed by atoms with Crippen molar-refractivity contribution < 1.29 is 18.1 Å². The second-order valence-electron chi connectivity index (χ2n) is 7.88. The maximum absolute atomic E-state index is 12.6. The van der Waals surface area contributed by atoms with Gasteiger partial charge in [-0.05, 0) is 43.8 Å². The van der Waals surface area contributed by atoms with Gasteiger partial charge in [-0.2, -0.15) is 0 Å². The lowest BCUT2D eigenvalue weighted by Crippen LogP contribution is -2.44. The number of nitrogens with zero attached hydrogens (tertiary/aromatic N) is 4. The van der Waals surface area contributed by atoms with E-state index in [1.54, 1.807) is 19.1 Å². The molecule has 0 atom stereocenters. The number of likely N-dealkylation sites (N-methyl/N-ethyl adjacent to an activating group) is 1. The minimum absolute atomic E-state index is 0.0993. The summed E-state index contributed by atoms with van der Waals surface area (Å²) >= 11 is 0. The van der Waals surface area contributed by atoms with Crippen LogP contribution in [0.4, 0.5) is 22.7 Å². The zero-order chi connectivity index (χ0) is 23.5. The van der Waals surface area contributed by atoms with Gasteiger partial charge in [-0.25, -0.2) is 8.42 Å².